The highest BCUT2D eigenvalue weighted by molar-refractivity contribution is 5.66. The van der Waals surface area contributed by atoms with Gasteiger partial charge >= 0.3 is 0 Å². The molecule has 1 aliphatic heterocycles. The standard InChI is InChI=1S/C13H15N3O3/c14-8-11-1-2-12(16(18)19)13(7-11)15-5-3-10(9-15)4-6-17/h1-2,7,10,17H,3-6,9H2. The molecule has 0 bridgehead atoms. The quantitative estimate of drug-likeness (QED) is 0.657. The van der Waals surface area contributed by atoms with Gasteiger partial charge in [0.2, 0.25) is 0 Å². The van der Waals surface area contributed by atoms with Crippen LogP contribution in [0, 0.1) is 27.4 Å². The van der Waals surface area contributed by atoms with E-state index in [0.29, 0.717) is 30.1 Å². The average Bonchev–Trinajstić information content (AvgIpc) is 2.87. The van der Waals surface area contributed by atoms with Crippen LogP contribution in [0.4, 0.5) is 11.4 Å². The number of aliphatic hydroxyl groups excluding tert-OH is 1. The smallest absolute Gasteiger partial charge is 0.292 e. The van der Waals surface area contributed by atoms with E-state index in [1.165, 1.54) is 12.1 Å². The summed E-state index contributed by atoms with van der Waals surface area (Å²) in [5, 5.41) is 28.9. The van der Waals surface area contributed by atoms with E-state index in [0.717, 1.165) is 13.0 Å². The van der Waals surface area contributed by atoms with Gasteiger partial charge in [-0.3, -0.25) is 10.1 Å². The fraction of sp³-hybridized carbons (Fsp3) is 0.462. The van der Waals surface area contributed by atoms with Gasteiger partial charge < -0.3 is 10.0 Å². The van der Waals surface area contributed by atoms with Crippen LogP contribution in [0.3, 0.4) is 0 Å². The third-order valence-corrected chi connectivity index (χ3v) is 3.47. The normalized spacial score (nSPS) is 18.3. The molecule has 0 amide bonds. The van der Waals surface area contributed by atoms with Crippen molar-refractivity contribution in [3.05, 3.63) is 33.9 Å². The predicted molar refractivity (Wildman–Crippen MR) is 69.8 cm³/mol. The van der Waals surface area contributed by atoms with E-state index in [-0.39, 0.29) is 12.3 Å². The second-order valence-electron chi connectivity index (χ2n) is 4.69. The van der Waals surface area contributed by atoms with Crippen LogP contribution in [0.1, 0.15) is 18.4 Å². The molecule has 0 aliphatic carbocycles. The fourth-order valence-corrected chi connectivity index (χ4v) is 2.47. The number of nitro benzene ring substituents is 1. The first-order chi connectivity index (χ1) is 9.15. The second-order valence-corrected chi connectivity index (χ2v) is 4.69. The van der Waals surface area contributed by atoms with Crippen molar-refractivity contribution >= 4 is 11.4 Å². The number of nitrogens with zero attached hydrogens (tertiary/aromatic N) is 3. The summed E-state index contributed by atoms with van der Waals surface area (Å²) in [6.45, 7) is 1.55. The maximum Gasteiger partial charge on any atom is 0.292 e. The average molecular weight is 261 g/mol. The van der Waals surface area contributed by atoms with Gasteiger partial charge in [-0.25, -0.2) is 0 Å². The van der Waals surface area contributed by atoms with E-state index in [1.54, 1.807) is 6.07 Å². The Morgan fingerprint density at radius 2 is 2.37 bits per heavy atom. The monoisotopic (exact) mass is 261 g/mol. The lowest BCUT2D eigenvalue weighted by Gasteiger charge is -2.18. The van der Waals surface area contributed by atoms with E-state index in [2.05, 4.69) is 0 Å². The molecule has 1 saturated heterocycles. The number of aliphatic hydroxyl groups is 1. The first kappa shape index (κ1) is 13.3. The minimum absolute atomic E-state index is 0.0312. The summed E-state index contributed by atoms with van der Waals surface area (Å²) in [6.07, 6.45) is 1.62. The minimum atomic E-state index is -0.421. The summed E-state index contributed by atoms with van der Waals surface area (Å²) in [7, 11) is 0. The number of hydrogen-bond acceptors (Lipinski definition) is 5. The van der Waals surface area contributed by atoms with E-state index < -0.39 is 4.92 Å². The summed E-state index contributed by atoms with van der Waals surface area (Å²) in [5.74, 6) is 0.357. The summed E-state index contributed by atoms with van der Waals surface area (Å²) in [6, 6.07) is 6.42. The van der Waals surface area contributed by atoms with Gasteiger partial charge in [-0.15, -0.1) is 0 Å². The van der Waals surface area contributed by atoms with Crippen LogP contribution in [0.5, 0.6) is 0 Å². The zero-order valence-electron chi connectivity index (χ0n) is 10.5. The largest absolute Gasteiger partial charge is 0.396 e. The molecule has 1 unspecified atom stereocenters. The topological polar surface area (TPSA) is 90.4 Å². The predicted octanol–water partition coefficient (Wildman–Crippen LogP) is 1.68. The van der Waals surface area contributed by atoms with Crippen LogP contribution in [0.15, 0.2) is 18.2 Å². The Morgan fingerprint density at radius 3 is 3.00 bits per heavy atom. The van der Waals surface area contributed by atoms with Crippen molar-refractivity contribution in [2.45, 2.75) is 12.8 Å². The van der Waals surface area contributed by atoms with E-state index in [9.17, 15) is 10.1 Å². The van der Waals surface area contributed by atoms with Crippen LogP contribution in [0.2, 0.25) is 0 Å². The molecule has 0 aromatic heterocycles. The lowest BCUT2D eigenvalue weighted by molar-refractivity contribution is -0.384. The van der Waals surface area contributed by atoms with Crippen molar-refractivity contribution < 1.29 is 10.0 Å². The molecule has 1 fully saturated rings. The van der Waals surface area contributed by atoms with Crippen LogP contribution in [0.25, 0.3) is 0 Å². The van der Waals surface area contributed by atoms with Crippen LogP contribution >= 0.6 is 0 Å². The fourth-order valence-electron chi connectivity index (χ4n) is 2.47. The second kappa shape index (κ2) is 5.67. The van der Waals surface area contributed by atoms with Gasteiger partial charge in [0, 0.05) is 25.8 Å². The maximum atomic E-state index is 11.0. The number of nitriles is 1. The molecule has 1 aliphatic rings. The molecule has 1 aromatic rings. The number of nitro groups is 1. The molecule has 1 N–H and O–H groups in total. The molecule has 0 radical (unpaired) electrons. The van der Waals surface area contributed by atoms with E-state index in [1.807, 2.05) is 11.0 Å². The lowest BCUT2D eigenvalue weighted by atomic mass is 10.1. The molecule has 0 saturated carbocycles. The Bertz CT molecular complexity index is 524. The third-order valence-electron chi connectivity index (χ3n) is 3.47. The van der Waals surface area contributed by atoms with Crippen LogP contribution in [-0.4, -0.2) is 29.7 Å². The minimum Gasteiger partial charge on any atom is -0.396 e. The van der Waals surface area contributed by atoms with Gasteiger partial charge in [-0.2, -0.15) is 5.26 Å². The van der Waals surface area contributed by atoms with Gasteiger partial charge in [-0.1, -0.05) is 0 Å². The highest BCUT2D eigenvalue weighted by Crippen LogP contribution is 2.33. The van der Waals surface area contributed by atoms with Crippen molar-refractivity contribution in [1.29, 1.82) is 5.26 Å². The van der Waals surface area contributed by atoms with Crippen molar-refractivity contribution in [2.24, 2.45) is 5.92 Å². The van der Waals surface area contributed by atoms with Gasteiger partial charge in [0.05, 0.1) is 16.6 Å². The lowest BCUT2D eigenvalue weighted by Crippen LogP contribution is -2.21. The third kappa shape index (κ3) is 2.83. The molecular weight excluding hydrogens is 246 g/mol. The van der Waals surface area contributed by atoms with E-state index in [4.69, 9.17) is 10.4 Å². The van der Waals surface area contributed by atoms with Crippen molar-refractivity contribution in [2.75, 3.05) is 24.6 Å². The molecule has 6 heteroatoms. The molecular formula is C13H15N3O3. The molecule has 0 spiro atoms. The molecule has 1 aromatic carbocycles. The number of benzene rings is 1. The highest BCUT2D eigenvalue weighted by atomic mass is 16.6. The highest BCUT2D eigenvalue weighted by Gasteiger charge is 2.27. The Kier molecular flexibility index (Phi) is 3.97. The maximum absolute atomic E-state index is 11.0. The Morgan fingerprint density at radius 1 is 1.58 bits per heavy atom. The van der Waals surface area contributed by atoms with Crippen molar-refractivity contribution in [3.63, 3.8) is 0 Å². The summed E-state index contributed by atoms with van der Waals surface area (Å²) < 4.78 is 0. The van der Waals surface area contributed by atoms with Gasteiger partial charge in [0.25, 0.3) is 5.69 Å². The zero-order valence-corrected chi connectivity index (χ0v) is 10.5. The summed E-state index contributed by atoms with van der Waals surface area (Å²) >= 11 is 0. The number of hydrogen-bond donors (Lipinski definition) is 1. The van der Waals surface area contributed by atoms with Crippen LogP contribution < -0.4 is 4.90 Å². The first-order valence-corrected chi connectivity index (χ1v) is 6.20. The van der Waals surface area contributed by atoms with Crippen molar-refractivity contribution in [1.82, 2.24) is 0 Å². The molecule has 6 nitrogen and oxygen atoms in total. The van der Waals surface area contributed by atoms with E-state index >= 15 is 0 Å². The summed E-state index contributed by atoms with van der Waals surface area (Å²) in [5.41, 5.74) is 0.958. The Hall–Kier alpha value is -2.13. The molecule has 100 valence electrons. The molecule has 2 rings (SSSR count). The van der Waals surface area contributed by atoms with Crippen LogP contribution in [-0.2, 0) is 0 Å². The molecule has 1 heterocycles. The molecule has 1 atom stereocenters. The van der Waals surface area contributed by atoms with Gasteiger partial charge in [0.1, 0.15) is 5.69 Å². The Labute approximate surface area is 111 Å². The molecule has 19 heavy (non-hydrogen) atoms. The Balaban J connectivity index is 2.28. The zero-order chi connectivity index (χ0) is 13.8. The van der Waals surface area contributed by atoms with Gasteiger partial charge in [0.15, 0.2) is 0 Å². The SMILES string of the molecule is N#Cc1ccc([N+](=O)[O-])c(N2CCC(CCO)C2)c1. The van der Waals surface area contributed by atoms with Crippen molar-refractivity contribution in [3.8, 4) is 6.07 Å². The number of rotatable bonds is 4. The summed E-state index contributed by atoms with van der Waals surface area (Å²) in [4.78, 5) is 12.6. The first-order valence-electron chi connectivity index (χ1n) is 6.20. The van der Waals surface area contributed by atoms with Gasteiger partial charge in [-0.05, 0) is 30.9 Å². The number of anilines is 1.